The van der Waals surface area contributed by atoms with Crippen molar-refractivity contribution in [3.05, 3.63) is 47.5 Å². The fraction of sp³-hybridized carbons (Fsp3) is 0.235. The summed E-state index contributed by atoms with van der Waals surface area (Å²) >= 11 is 7.34. The molecule has 5 nitrogen and oxygen atoms in total. The molecule has 0 heterocycles. The highest BCUT2D eigenvalue weighted by atomic mass is 35.5. The molecule has 0 spiro atoms. The number of hydrogen-bond donors (Lipinski definition) is 0. The first-order valence-electron chi connectivity index (χ1n) is 7.32. The Hall–Kier alpha value is -1.70. The van der Waals surface area contributed by atoms with Crippen LogP contribution in [0.3, 0.4) is 0 Å². The standard InChI is InChI=1S/C17H17ClO5S2/c1-11(2)17(19)23-22-15-9-4-12(18)10-16(15)24-13-5-7-14(8-6-13)25(3,20)21/h4-11H,1-3H3. The number of carbonyl (C=O) groups excluding carboxylic acids is 1. The van der Waals surface area contributed by atoms with Crippen molar-refractivity contribution in [2.75, 3.05) is 6.26 Å². The van der Waals surface area contributed by atoms with Gasteiger partial charge in [-0.2, -0.15) is 0 Å². The van der Waals surface area contributed by atoms with Gasteiger partial charge in [-0.15, -0.1) is 0 Å². The highest BCUT2D eigenvalue weighted by Gasteiger charge is 2.14. The Balaban J connectivity index is 2.20. The largest absolute Gasteiger partial charge is 0.357 e. The van der Waals surface area contributed by atoms with E-state index in [4.69, 9.17) is 21.4 Å². The van der Waals surface area contributed by atoms with E-state index in [1.54, 1.807) is 44.2 Å². The van der Waals surface area contributed by atoms with Crippen molar-refractivity contribution < 1.29 is 23.0 Å². The minimum atomic E-state index is -3.25. The molecule has 0 fully saturated rings. The Morgan fingerprint density at radius 1 is 1.12 bits per heavy atom. The molecule has 0 atom stereocenters. The van der Waals surface area contributed by atoms with Crippen LogP contribution in [0, 0.1) is 5.92 Å². The molecule has 0 aliphatic rings. The molecule has 0 radical (unpaired) electrons. The molecule has 0 N–H and O–H groups in total. The van der Waals surface area contributed by atoms with E-state index in [1.165, 1.54) is 23.9 Å². The Kier molecular flexibility index (Phi) is 6.37. The normalized spacial score (nSPS) is 11.4. The van der Waals surface area contributed by atoms with Gasteiger partial charge in [0.1, 0.15) is 0 Å². The van der Waals surface area contributed by atoms with Crippen LogP contribution in [0.1, 0.15) is 13.8 Å². The van der Waals surface area contributed by atoms with Crippen LogP contribution in [0.25, 0.3) is 0 Å². The first-order valence-corrected chi connectivity index (χ1v) is 10.4. The lowest BCUT2D eigenvalue weighted by Crippen LogP contribution is -2.14. The molecule has 2 aromatic carbocycles. The van der Waals surface area contributed by atoms with Crippen molar-refractivity contribution in [1.82, 2.24) is 0 Å². The summed E-state index contributed by atoms with van der Waals surface area (Å²) in [7, 11) is -3.25. The summed E-state index contributed by atoms with van der Waals surface area (Å²) in [5, 5.41) is 0.498. The van der Waals surface area contributed by atoms with Crippen molar-refractivity contribution in [2.45, 2.75) is 28.5 Å². The van der Waals surface area contributed by atoms with Gasteiger partial charge < -0.3 is 0 Å². The lowest BCUT2D eigenvalue weighted by Gasteiger charge is -2.11. The zero-order chi connectivity index (χ0) is 18.6. The van der Waals surface area contributed by atoms with Crippen molar-refractivity contribution in [3.8, 4) is 5.75 Å². The molecule has 0 amide bonds. The summed E-state index contributed by atoms with van der Waals surface area (Å²) in [5.41, 5.74) is 0. The zero-order valence-corrected chi connectivity index (χ0v) is 16.2. The molecule has 0 unspecified atom stereocenters. The molecule has 0 aliphatic heterocycles. The molecule has 0 saturated carbocycles. The first kappa shape index (κ1) is 19.6. The molecule has 134 valence electrons. The SMILES string of the molecule is CC(C)C(=O)OOc1ccc(Cl)cc1Sc1ccc(S(C)(=O)=O)cc1. The zero-order valence-electron chi connectivity index (χ0n) is 13.9. The summed E-state index contributed by atoms with van der Waals surface area (Å²) in [5.74, 6) is -0.453. The van der Waals surface area contributed by atoms with Crippen LogP contribution >= 0.6 is 23.4 Å². The Morgan fingerprint density at radius 2 is 1.76 bits per heavy atom. The van der Waals surface area contributed by atoms with Gasteiger partial charge in [-0.05, 0) is 42.5 Å². The topological polar surface area (TPSA) is 69.7 Å². The van der Waals surface area contributed by atoms with Crippen molar-refractivity contribution in [1.29, 1.82) is 0 Å². The maximum Gasteiger partial charge on any atom is 0.357 e. The van der Waals surface area contributed by atoms with Crippen LogP contribution in [0.5, 0.6) is 5.75 Å². The van der Waals surface area contributed by atoms with Crippen LogP contribution in [0.4, 0.5) is 0 Å². The molecule has 2 aromatic rings. The van der Waals surface area contributed by atoms with Gasteiger partial charge >= 0.3 is 5.97 Å². The third-order valence-corrected chi connectivity index (χ3v) is 5.48. The molecule has 25 heavy (non-hydrogen) atoms. The van der Waals surface area contributed by atoms with Crippen LogP contribution in [0.2, 0.25) is 5.02 Å². The van der Waals surface area contributed by atoms with E-state index in [0.717, 1.165) is 11.2 Å². The summed E-state index contributed by atoms with van der Waals surface area (Å²) in [6.07, 6.45) is 1.15. The fourth-order valence-corrected chi connectivity index (χ4v) is 3.48. The fourth-order valence-electron chi connectivity index (χ4n) is 1.69. The molecular formula is C17H17ClO5S2. The van der Waals surface area contributed by atoms with Gasteiger partial charge in [0.25, 0.3) is 0 Å². The second-order valence-electron chi connectivity index (χ2n) is 5.58. The van der Waals surface area contributed by atoms with E-state index in [0.29, 0.717) is 15.7 Å². The third kappa shape index (κ3) is 5.66. The number of halogens is 1. The van der Waals surface area contributed by atoms with E-state index in [9.17, 15) is 13.2 Å². The lowest BCUT2D eigenvalue weighted by molar-refractivity contribution is -0.218. The average Bonchev–Trinajstić information content (AvgIpc) is 2.53. The predicted octanol–water partition coefficient (Wildman–Crippen LogP) is 4.39. The average molecular weight is 401 g/mol. The van der Waals surface area contributed by atoms with Gasteiger partial charge in [-0.1, -0.05) is 37.2 Å². The van der Waals surface area contributed by atoms with Crippen molar-refractivity contribution in [2.24, 2.45) is 5.92 Å². The van der Waals surface area contributed by atoms with E-state index < -0.39 is 15.8 Å². The number of rotatable bonds is 6. The molecule has 8 heteroatoms. The van der Waals surface area contributed by atoms with Crippen LogP contribution in [-0.2, 0) is 19.5 Å². The van der Waals surface area contributed by atoms with Gasteiger partial charge in [0.2, 0.25) is 0 Å². The molecule has 0 aliphatic carbocycles. The summed E-state index contributed by atoms with van der Waals surface area (Å²) in [6.45, 7) is 3.40. The van der Waals surface area contributed by atoms with Gasteiger partial charge in [0.15, 0.2) is 15.6 Å². The number of carbonyl (C=O) groups is 1. The van der Waals surface area contributed by atoms with Crippen LogP contribution in [0.15, 0.2) is 57.2 Å². The maximum atomic E-state index is 11.5. The first-order chi connectivity index (χ1) is 11.7. The van der Waals surface area contributed by atoms with Crippen LogP contribution < -0.4 is 4.89 Å². The quantitative estimate of drug-likeness (QED) is 0.529. The van der Waals surface area contributed by atoms with Gasteiger partial charge in [0, 0.05) is 16.2 Å². The molecular weight excluding hydrogens is 384 g/mol. The maximum absolute atomic E-state index is 11.5. The van der Waals surface area contributed by atoms with E-state index in [2.05, 4.69) is 0 Å². The summed E-state index contributed by atoms with van der Waals surface area (Å²) < 4.78 is 23.0. The van der Waals surface area contributed by atoms with Gasteiger partial charge in [-0.25, -0.2) is 13.2 Å². The summed E-state index contributed by atoms with van der Waals surface area (Å²) in [6, 6.07) is 11.3. The number of sulfone groups is 1. The Morgan fingerprint density at radius 3 is 2.32 bits per heavy atom. The van der Waals surface area contributed by atoms with E-state index >= 15 is 0 Å². The highest BCUT2D eigenvalue weighted by molar-refractivity contribution is 7.99. The summed E-state index contributed by atoms with van der Waals surface area (Å²) in [4.78, 5) is 23.1. The van der Waals surface area contributed by atoms with Gasteiger partial charge in [0.05, 0.1) is 15.7 Å². The predicted molar refractivity (Wildman–Crippen MR) is 96.7 cm³/mol. The van der Waals surface area contributed by atoms with Crippen molar-refractivity contribution in [3.63, 3.8) is 0 Å². The second kappa shape index (κ2) is 8.12. The van der Waals surface area contributed by atoms with Gasteiger partial charge in [-0.3, -0.25) is 9.78 Å². The minimum absolute atomic E-state index is 0.241. The second-order valence-corrected chi connectivity index (χ2v) is 9.14. The molecule has 0 aromatic heterocycles. The molecule has 2 rings (SSSR count). The highest BCUT2D eigenvalue weighted by Crippen LogP contribution is 2.37. The van der Waals surface area contributed by atoms with Crippen LogP contribution in [-0.4, -0.2) is 20.6 Å². The number of benzene rings is 2. The minimum Gasteiger partial charge on any atom is -0.286 e. The third-order valence-electron chi connectivity index (χ3n) is 3.07. The smallest absolute Gasteiger partial charge is 0.286 e. The number of hydrogen-bond acceptors (Lipinski definition) is 6. The van der Waals surface area contributed by atoms with E-state index in [-0.39, 0.29) is 10.8 Å². The monoisotopic (exact) mass is 400 g/mol. The molecule has 0 bridgehead atoms. The Labute approximate surface area is 156 Å². The lowest BCUT2D eigenvalue weighted by atomic mass is 10.2. The Bertz CT molecular complexity index is 861. The van der Waals surface area contributed by atoms with Crippen molar-refractivity contribution >= 4 is 39.2 Å². The molecule has 0 saturated heterocycles. The van der Waals surface area contributed by atoms with E-state index in [1.807, 2.05) is 0 Å².